The number of carboxylic acid groups (broad SMARTS) is 1. The maximum absolute atomic E-state index is 11.6. The molecule has 106 valence electrons. The third kappa shape index (κ3) is 4.75. The van der Waals surface area contributed by atoms with Crippen LogP contribution in [-0.4, -0.2) is 36.5 Å². The summed E-state index contributed by atoms with van der Waals surface area (Å²) in [5.74, 6) is -1.40. The fourth-order valence-corrected chi connectivity index (χ4v) is 1.67. The number of methoxy groups -OCH3 is 1. The highest BCUT2D eigenvalue weighted by Crippen LogP contribution is 2.23. The van der Waals surface area contributed by atoms with Crippen LogP contribution < -0.4 is 5.32 Å². The van der Waals surface area contributed by atoms with Gasteiger partial charge in [-0.05, 0) is 26.8 Å². The summed E-state index contributed by atoms with van der Waals surface area (Å²) in [5.41, 5.74) is -0.00395. The SMILES string of the molecule is COCC1C=C(NC(=O)OC(C)(C)C)C=C1C(=O)O. The van der Waals surface area contributed by atoms with Gasteiger partial charge in [0.2, 0.25) is 0 Å². The lowest BCUT2D eigenvalue weighted by molar-refractivity contribution is -0.133. The molecule has 0 saturated carbocycles. The maximum atomic E-state index is 11.6. The molecular formula is C13H19NO5. The minimum absolute atomic E-state index is 0.188. The molecule has 0 fully saturated rings. The third-order valence-corrected chi connectivity index (χ3v) is 2.33. The van der Waals surface area contributed by atoms with Gasteiger partial charge in [0.25, 0.3) is 0 Å². The van der Waals surface area contributed by atoms with Crippen molar-refractivity contribution in [1.82, 2.24) is 5.32 Å². The summed E-state index contributed by atoms with van der Waals surface area (Å²) in [6.07, 6.45) is 2.44. The number of ether oxygens (including phenoxy) is 2. The van der Waals surface area contributed by atoms with Crippen molar-refractivity contribution in [2.24, 2.45) is 5.92 Å². The van der Waals surface area contributed by atoms with Crippen LogP contribution in [-0.2, 0) is 14.3 Å². The monoisotopic (exact) mass is 269 g/mol. The Hall–Kier alpha value is -1.82. The van der Waals surface area contributed by atoms with Gasteiger partial charge >= 0.3 is 12.1 Å². The summed E-state index contributed by atoms with van der Waals surface area (Å²) < 4.78 is 10.0. The molecular weight excluding hydrogens is 250 g/mol. The van der Waals surface area contributed by atoms with Crippen molar-refractivity contribution >= 4 is 12.1 Å². The van der Waals surface area contributed by atoms with Crippen LogP contribution in [0.25, 0.3) is 0 Å². The Kier molecular flexibility index (Phi) is 4.72. The molecule has 0 aromatic heterocycles. The van der Waals surface area contributed by atoms with E-state index in [4.69, 9.17) is 14.6 Å². The second-order valence-corrected chi connectivity index (χ2v) is 5.22. The Morgan fingerprint density at radius 3 is 2.53 bits per heavy atom. The summed E-state index contributed by atoms with van der Waals surface area (Å²) in [7, 11) is 1.49. The Bertz CT molecular complexity index is 431. The molecule has 1 rings (SSSR count). The standard InChI is InChI=1S/C13H19NO5/c1-13(2,3)19-12(17)14-9-5-8(7-18-4)10(6-9)11(15)16/h5-6,8H,7H2,1-4H3,(H,14,17)(H,15,16). The number of amides is 1. The summed E-state index contributed by atoms with van der Waals surface area (Å²) in [6.45, 7) is 5.50. The lowest BCUT2D eigenvalue weighted by Crippen LogP contribution is -2.31. The molecule has 6 nitrogen and oxygen atoms in total. The first-order valence-corrected chi connectivity index (χ1v) is 5.88. The summed E-state index contributed by atoms with van der Waals surface area (Å²) in [5, 5.41) is 11.6. The summed E-state index contributed by atoms with van der Waals surface area (Å²) in [6, 6.07) is 0. The van der Waals surface area contributed by atoms with Gasteiger partial charge in [0, 0.05) is 24.3 Å². The maximum Gasteiger partial charge on any atom is 0.412 e. The first kappa shape index (κ1) is 15.2. The van der Waals surface area contributed by atoms with E-state index < -0.39 is 17.7 Å². The van der Waals surface area contributed by atoms with Crippen LogP contribution in [0.5, 0.6) is 0 Å². The van der Waals surface area contributed by atoms with Gasteiger partial charge in [-0.15, -0.1) is 0 Å². The van der Waals surface area contributed by atoms with E-state index in [0.717, 1.165) is 0 Å². The van der Waals surface area contributed by atoms with Crippen molar-refractivity contribution in [3.05, 3.63) is 23.4 Å². The number of carboxylic acids is 1. The Labute approximate surface area is 112 Å². The van der Waals surface area contributed by atoms with E-state index in [1.54, 1.807) is 26.8 Å². The van der Waals surface area contributed by atoms with Gasteiger partial charge in [-0.2, -0.15) is 0 Å². The number of aliphatic carboxylic acids is 1. The zero-order valence-electron chi connectivity index (χ0n) is 11.5. The molecule has 2 N–H and O–H groups in total. The largest absolute Gasteiger partial charge is 0.478 e. The van der Waals surface area contributed by atoms with E-state index in [9.17, 15) is 9.59 Å². The van der Waals surface area contributed by atoms with Gasteiger partial charge < -0.3 is 14.6 Å². The van der Waals surface area contributed by atoms with Crippen LogP contribution in [0.2, 0.25) is 0 Å². The smallest absolute Gasteiger partial charge is 0.412 e. The van der Waals surface area contributed by atoms with Crippen LogP contribution in [0.4, 0.5) is 4.79 Å². The molecule has 1 unspecified atom stereocenters. The predicted octanol–water partition coefficient (Wildman–Crippen LogP) is 1.68. The number of carbonyl (C=O) groups excluding carboxylic acids is 1. The highest BCUT2D eigenvalue weighted by atomic mass is 16.6. The topological polar surface area (TPSA) is 84.9 Å². The highest BCUT2D eigenvalue weighted by Gasteiger charge is 2.26. The average molecular weight is 269 g/mol. The molecule has 0 spiro atoms. The number of hydrogen-bond acceptors (Lipinski definition) is 4. The van der Waals surface area contributed by atoms with Gasteiger partial charge in [-0.3, -0.25) is 5.32 Å². The van der Waals surface area contributed by atoms with Crippen molar-refractivity contribution in [1.29, 1.82) is 0 Å². The lowest BCUT2D eigenvalue weighted by Gasteiger charge is -2.19. The third-order valence-electron chi connectivity index (χ3n) is 2.33. The van der Waals surface area contributed by atoms with Gasteiger partial charge in [0.15, 0.2) is 0 Å². The fourth-order valence-electron chi connectivity index (χ4n) is 1.67. The van der Waals surface area contributed by atoms with E-state index in [1.165, 1.54) is 13.2 Å². The Morgan fingerprint density at radius 1 is 1.42 bits per heavy atom. The number of carbonyl (C=O) groups is 2. The normalized spacial score (nSPS) is 18.6. The van der Waals surface area contributed by atoms with E-state index in [-0.39, 0.29) is 18.1 Å². The van der Waals surface area contributed by atoms with Crippen molar-refractivity contribution in [3.63, 3.8) is 0 Å². The summed E-state index contributed by atoms with van der Waals surface area (Å²) >= 11 is 0. The minimum Gasteiger partial charge on any atom is -0.478 e. The van der Waals surface area contributed by atoms with Crippen LogP contribution in [0, 0.1) is 5.92 Å². The van der Waals surface area contributed by atoms with Gasteiger partial charge in [0.05, 0.1) is 6.61 Å². The molecule has 19 heavy (non-hydrogen) atoms. The molecule has 0 bridgehead atoms. The van der Waals surface area contributed by atoms with Crippen LogP contribution in [0.15, 0.2) is 23.4 Å². The van der Waals surface area contributed by atoms with Gasteiger partial charge in [-0.25, -0.2) is 9.59 Å². The molecule has 1 amide bonds. The minimum atomic E-state index is -1.03. The average Bonchev–Trinajstić information content (AvgIpc) is 2.58. The molecule has 0 aliphatic heterocycles. The number of hydrogen-bond donors (Lipinski definition) is 2. The fraction of sp³-hybridized carbons (Fsp3) is 0.538. The van der Waals surface area contributed by atoms with Crippen molar-refractivity contribution in [2.75, 3.05) is 13.7 Å². The summed E-state index contributed by atoms with van der Waals surface area (Å²) in [4.78, 5) is 22.6. The number of rotatable bonds is 4. The first-order valence-electron chi connectivity index (χ1n) is 5.88. The van der Waals surface area contributed by atoms with Gasteiger partial charge in [0.1, 0.15) is 5.60 Å². The second-order valence-electron chi connectivity index (χ2n) is 5.22. The second kappa shape index (κ2) is 5.88. The van der Waals surface area contributed by atoms with E-state index >= 15 is 0 Å². The molecule has 1 aliphatic rings. The predicted molar refractivity (Wildman–Crippen MR) is 68.5 cm³/mol. The first-order chi connectivity index (χ1) is 8.73. The van der Waals surface area contributed by atoms with Crippen molar-refractivity contribution in [2.45, 2.75) is 26.4 Å². The molecule has 0 aromatic rings. The Morgan fingerprint density at radius 2 is 2.05 bits per heavy atom. The quantitative estimate of drug-likeness (QED) is 0.811. The highest BCUT2D eigenvalue weighted by molar-refractivity contribution is 5.90. The van der Waals surface area contributed by atoms with Crippen molar-refractivity contribution < 1.29 is 24.2 Å². The van der Waals surface area contributed by atoms with Crippen LogP contribution in [0.3, 0.4) is 0 Å². The molecule has 0 radical (unpaired) electrons. The molecule has 0 aromatic carbocycles. The molecule has 1 atom stereocenters. The lowest BCUT2D eigenvalue weighted by atomic mass is 10.0. The zero-order valence-corrected chi connectivity index (χ0v) is 11.5. The zero-order chi connectivity index (χ0) is 14.6. The number of allylic oxidation sites excluding steroid dienone is 1. The molecule has 0 saturated heterocycles. The number of alkyl carbamates (subject to hydrolysis) is 1. The van der Waals surface area contributed by atoms with Crippen LogP contribution >= 0.6 is 0 Å². The van der Waals surface area contributed by atoms with E-state index in [0.29, 0.717) is 5.70 Å². The van der Waals surface area contributed by atoms with E-state index in [2.05, 4.69) is 5.32 Å². The van der Waals surface area contributed by atoms with Gasteiger partial charge in [-0.1, -0.05) is 6.08 Å². The molecule has 0 heterocycles. The van der Waals surface area contributed by atoms with E-state index in [1.807, 2.05) is 0 Å². The van der Waals surface area contributed by atoms with Crippen LogP contribution in [0.1, 0.15) is 20.8 Å². The molecule has 6 heteroatoms. The number of nitrogens with one attached hydrogen (secondary N) is 1. The Balaban J connectivity index is 2.71. The molecule has 1 aliphatic carbocycles. The van der Waals surface area contributed by atoms with Crippen molar-refractivity contribution in [3.8, 4) is 0 Å².